The number of piperazine rings is 1. The lowest BCUT2D eigenvalue weighted by molar-refractivity contribution is 0.270. The molecule has 5 heteroatoms. The molecule has 25 heavy (non-hydrogen) atoms. The number of aromatic nitrogens is 2. The lowest BCUT2D eigenvalue weighted by atomic mass is 10.1. The summed E-state index contributed by atoms with van der Waals surface area (Å²) in [6.07, 6.45) is 1.83. The van der Waals surface area contributed by atoms with Crippen molar-refractivity contribution in [2.45, 2.75) is 17.0 Å². The summed E-state index contributed by atoms with van der Waals surface area (Å²) < 4.78 is 0. The highest BCUT2D eigenvalue weighted by Gasteiger charge is 2.19. The fraction of sp³-hybridized carbons (Fsp3) is 0.300. The molecule has 0 N–H and O–H groups in total. The van der Waals surface area contributed by atoms with E-state index in [1.165, 1.54) is 10.8 Å². The van der Waals surface area contributed by atoms with Crippen molar-refractivity contribution in [2.75, 3.05) is 37.6 Å². The van der Waals surface area contributed by atoms with Crippen molar-refractivity contribution in [2.24, 2.45) is 0 Å². The summed E-state index contributed by atoms with van der Waals surface area (Å²) in [7, 11) is 0. The summed E-state index contributed by atoms with van der Waals surface area (Å²) in [5, 5.41) is 4.46. The van der Waals surface area contributed by atoms with Gasteiger partial charge >= 0.3 is 0 Å². The number of fused-ring (bicyclic) bond motifs is 1. The molecule has 4 rings (SSSR count). The Hall–Kier alpha value is -2.11. The maximum Gasteiger partial charge on any atom is 0.137 e. The highest BCUT2D eigenvalue weighted by atomic mass is 32.2. The van der Waals surface area contributed by atoms with E-state index in [-0.39, 0.29) is 0 Å². The monoisotopic (exact) mass is 350 g/mol. The molecule has 0 amide bonds. The summed E-state index contributed by atoms with van der Waals surface area (Å²) in [6, 6.07) is 16.7. The minimum atomic E-state index is 0.979. The number of hydrogen-bond donors (Lipinski definition) is 0. The quantitative estimate of drug-likeness (QED) is 0.712. The molecule has 1 saturated heterocycles. The van der Waals surface area contributed by atoms with Gasteiger partial charge in [0.1, 0.15) is 15.9 Å². The molecular weight excluding hydrogens is 328 g/mol. The van der Waals surface area contributed by atoms with Gasteiger partial charge in [-0.2, -0.15) is 0 Å². The zero-order chi connectivity index (χ0) is 17.1. The van der Waals surface area contributed by atoms with E-state index in [2.05, 4.69) is 52.0 Å². The summed E-state index contributed by atoms with van der Waals surface area (Å²) >= 11 is 1.63. The summed E-state index contributed by atoms with van der Waals surface area (Å²) in [5.74, 6) is 1.10. The summed E-state index contributed by atoms with van der Waals surface area (Å²) in [6.45, 7) is 7.62. The molecule has 4 nitrogen and oxygen atoms in total. The van der Waals surface area contributed by atoms with Gasteiger partial charge in [-0.25, -0.2) is 9.97 Å². The van der Waals surface area contributed by atoms with Crippen LogP contribution in [0, 0.1) is 0 Å². The predicted octanol–water partition coefficient (Wildman–Crippen LogP) is 3.92. The Kier molecular flexibility index (Phi) is 4.85. The second kappa shape index (κ2) is 7.42. The third kappa shape index (κ3) is 3.62. The van der Waals surface area contributed by atoms with Gasteiger partial charge in [-0.1, -0.05) is 49.0 Å². The van der Waals surface area contributed by atoms with Crippen molar-refractivity contribution in [3.8, 4) is 0 Å². The normalized spacial score (nSPS) is 15.6. The van der Waals surface area contributed by atoms with E-state index in [1.807, 2.05) is 24.4 Å². The minimum Gasteiger partial charge on any atom is -0.353 e. The molecule has 1 aromatic carbocycles. The Morgan fingerprint density at radius 3 is 2.52 bits per heavy atom. The van der Waals surface area contributed by atoms with Crippen LogP contribution in [0.2, 0.25) is 0 Å². The second-order valence-corrected chi connectivity index (χ2v) is 7.24. The van der Waals surface area contributed by atoms with Crippen LogP contribution in [0.5, 0.6) is 0 Å². The summed E-state index contributed by atoms with van der Waals surface area (Å²) in [4.78, 5) is 14.3. The molecular formula is C20H22N4S. The van der Waals surface area contributed by atoms with Gasteiger partial charge in [0, 0.05) is 37.8 Å². The van der Waals surface area contributed by atoms with Crippen LogP contribution in [0.25, 0.3) is 10.8 Å². The average molecular weight is 350 g/mol. The van der Waals surface area contributed by atoms with Crippen molar-refractivity contribution in [1.82, 2.24) is 14.9 Å². The second-order valence-electron chi connectivity index (χ2n) is 6.20. The summed E-state index contributed by atoms with van der Waals surface area (Å²) in [5.41, 5.74) is 0. The van der Waals surface area contributed by atoms with Crippen LogP contribution in [0.15, 0.2) is 64.8 Å². The molecule has 0 spiro atoms. The Balaban J connectivity index is 1.69. The molecule has 0 bridgehead atoms. The van der Waals surface area contributed by atoms with Gasteiger partial charge in [0.15, 0.2) is 0 Å². The van der Waals surface area contributed by atoms with Gasteiger partial charge in [-0.3, -0.25) is 0 Å². The first kappa shape index (κ1) is 16.4. The van der Waals surface area contributed by atoms with Crippen molar-refractivity contribution in [3.05, 3.63) is 54.7 Å². The SMILES string of the molecule is CCN1CCN(c2nc(Sc3ccccn3)cc3ccccc23)CC1. The molecule has 2 aromatic heterocycles. The van der Waals surface area contributed by atoms with Crippen LogP contribution in [-0.2, 0) is 0 Å². The fourth-order valence-corrected chi connectivity index (χ4v) is 4.03. The first-order valence-corrected chi connectivity index (χ1v) is 9.61. The van der Waals surface area contributed by atoms with Crippen LogP contribution < -0.4 is 4.90 Å². The molecule has 0 saturated carbocycles. The average Bonchev–Trinajstić information content (AvgIpc) is 2.68. The van der Waals surface area contributed by atoms with Gasteiger partial charge in [0.2, 0.25) is 0 Å². The van der Waals surface area contributed by atoms with E-state index in [0.29, 0.717) is 0 Å². The largest absolute Gasteiger partial charge is 0.353 e. The van der Waals surface area contributed by atoms with Crippen LogP contribution in [0.1, 0.15) is 6.92 Å². The van der Waals surface area contributed by atoms with E-state index in [9.17, 15) is 0 Å². The molecule has 3 aromatic rings. The van der Waals surface area contributed by atoms with E-state index in [1.54, 1.807) is 11.8 Å². The molecule has 0 radical (unpaired) electrons. The van der Waals surface area contributed by atoms with E-state index < -0.39 is 0 Å². The predicted molar refractivity (Wildman–Crippen MR) is 104 cm³/mol. The third-order valence-corrected chi connectivity index (χ3v) is 5.53. The molecule has 0 aliphatic carbocycles. The number of nitrogens with zero attached hydrogens (tertiary/aromatic N) is 4. The lowest BCUT2D eigenvalue weighted by Crippen LogP contribution is -2.46. The van der Waals surface area contributed by atoms with E-state index in [4.69, 9.17) is 4.98 Å². The molecule has 1 fully saturated rings. The number of pyridine rings is 2. The molecule has 3 heterocycles. The number of rotatable bonds is 4. The molecule has 0 unspecified atom stereocenters. The number of hydrogen-bond acceptors (Lipinski definition) is 5. The molecule has 128 valence electrons. The molecule has 0 atom stereocenters. The number of anilines is 1. The Bertz CT molecular complexity index is 845. The first-order valence-electron chi connectivity index (χ1n) is 8.79. The lowest BCUT2D eigenvalue weighted by Gasteiger charge is -2.35. The maximum absolute atomic E-state index is 5.00. The third-order valence-electron chi connectivity index (χ3n) is 4.66. The van der Waals surface area contributed by atoms with Crippen molar-refractivity contribution in [1.29, 1.82) is 0 Å². The first-order chi connectivity index (χ1) is 12.3. The molecule has 1 aliphatic rings. The van der Waals surface area contributed by atoms with Crippen molar-refractivity contribution < 1.29 is 0 Å². The maximum atomic E-state index is 5.00. The van der Waals surface area contributed by atoms with Crippen LogP contribution >= 0.6 is 11.8 Å². The van der Waals surface area contributed by atoms with Crippen LogP contribution in [-0.4, -0.2) is 47.6 Å². The Labute approximate surface area is 152 Å². The van der Waals surface area contributed by atoms with Crippen molar-refractivity contribution in [3.63, 3.8) is 0 Å². The minimum absolute atomic E-state index is 0.979. The smallest absolute Gasteiger partial charge is 0.137 e. The highest BCUT2D eigenvalue weighted by Crippen LogP contribution is 2.32. The molecule has 1 aliphatic heterocycles. The van der Waals surface area contributed by atoms with Gasteiger partial charge in [-0.15, -0.1) is 0 Å². The van der Waals surface area contributed by atoms with Crippen molar-refractivity contribution >= 4 is 28.4 Å². The zero-order valence-corrected chi connectivity index (χ0v) is 15.2. The standard InChI is InChI=1S/C20H22N4S/c1-2-23-11-13-24(14-12-23)20-17-8-4-3-7-16(17)15-19(22-20)25-18-9-5-6-10-21-18/h3-10,15H,2,11-14H2,1H3. The van der Waals surface area contributed by atoms with Gasteiger partial charge in [0.25, 0.3) is 0 Å². The van der Waals surface area contributed by atoms with E-state index in [0.717, 1.165) is 48.6 Å². The van der Waals surface area contributed by atoms with Crippen LogP contribution in [0.4, 0.5) is 5.82 Å². The van der Waals surface area contributed by atoms with Gasteiger partial charge < -0.3 is 9.80 Å². The fourth-order valence-electron chi connectivity index (χ4n) is 3.24. The van der Waals surface area contributed by atoms with E-state index >= 15 is 0 Å². The number of likely N-dealkylation sites (N-methyl/N-ethyl adjacent to an activating group) is 1. The van der Waals surface area contributed by atoms with Gasteiger partial charge in [0.05, 0.1) is 0 Å². The Morgan fingerprint density at radius 1 is 0.960 bits per heavy atom. The van der Waals surface area contributed by atoms with Gasteiger partial charge in [-0.05, 0) is 30.1 Å². The Morgan fingerprint density at radius 2 is 1.76 bits per heavy atom. The zero-order valence-electron chi connectivity index (χ0n) is 14.4. The van der Waals surface area contributed by atoms with Crippen LogP contribution in [0.3, 0.4) is 0 Å². The topological polar surface area (TPSA) is 32.3 Å². The number of benzene rings is 1. The highest BCUT2D eigenvalue weighted by molar-refractivity contribution is 7.99.